The number of hydrogen-bond donors (Lipinski definition) is 21. The van der Waals surface area contributed by atoms with Crippen LogP contribution in [0.2, 0.25) is 0 Å². The van der Waals surface area contributed by atoms with Crippen molar-refractivity contribution in [2.45, 2.75) is 248 Å². The van der Waals surface area contributed by atoms with Crippen molar-refractivity contribution >= 4 is 124 Å². The van der Waals surface area contributed by atoms with Crippen molar-refractivity contribution in [3.05, 3.63) is 161 Å². The highest BCUT2D eigenvalue weighted by Crippen LogP contribution is 2.29. The fraction of sp³-hybridized carbons (Fsp3) is 0.519. The van der Waals surface area contributed by atoms with E-state index in [4.69, 9.17) is 38.1 Å². The molecular weight excluding hydrogens is 1960 g/mol. The van der Waals surface area contributed by atoms with E-state index in [1.54, 1.807) is 88.0 Å². The molecule has 0 bridgehead atoms. The first-order valence-corrected chi connectivity index (χ1v) is 51.6. The lowest BCUT2D eigenvalue weighted by atomic mass is 9.84. The molecule has 17 amide bonds. The molecule has 0 spiro atoms. The fourth-order valence-corrected chi connectivity index (χ4v) is 18.3. The molecule has 15 atom stereocenters. The molecule has 3 fully saturated rings. The van der Waals surface area contributed by atoms with E-state index < -0.39 is 266 Å². The van der Waals surface area contributed by atoms with E-state index in [1.165, 1.54) is 62.5 Å². The quantitative estimate of drug-likeness (QED) is 0.0219. The fourth-order valence-electron chi connectivity index (χ4n) is 17.4. The number of carboxylic acid groups (broad SMARTS) is 2. The molecule has 2 saturated heterocycles. The van der Waals surface area contributed by atoms with Gasteiger partial charge in [0.2, 0.25) is 100 Å². The largest absolute Gasteiger partial charge is 0.482 e. The number of thioether (sulfide) groups is 1. The van der Waals surface area contributed by atoms with Gasteiger partial charge < -0.3 is 128 Å². The highest BCUT2D eigenvalue weighted by molar-refractivity contribution is 8.00. The van der Waals surface area contributed by atoms with E-state index in [9.17, 15) is 68.2 Å². The Morgan fingerprint density at radius 3 is 1.56 bits per heavy atom. The Hall–Kier alpha value is -14.5. The molecule has 1 saturated carbocycles. The smallest absolute Gasteiger partial charge is 0.341 e. The highest BCUT2D eigenvalue weighted by atomic mass is 32.2. The van der Waals surface area contributed by atoms with Crippen LogP contribution in [0.25, 0.3) is 11.1 Å². The Bertz CT molecular complexity index is 5510. The Balaban J connectivity index is 1.26. The number of nitrogens with one attached hydrogen (secondary N) is 14. The average Bonchev–Trinajstić information content (AvgIpc) is 0.833. The van der Waals surface area contributed by atoms with Gasteiger partial charge in [-0.3, -0.25) is 91.2 Å². The maximum Gasteiger partial charge on any atom is 0.341 e. The van der Waals surface area contributed by atoms with Gasteiger partial charge >= 0.3 is 11.9 Å². The summed E-state index contributed by atoms with van der Waals surface area (Å²) in [5.74, 6) is -22.5. The third-order valence-electron chi connectivity index (χ3n) is 25.8. The molecule has 26 N–H and O–H groups in total. The molecule has 814 valence electrons. The molecule has 8 rings (SSSR count). The molecule has 150 heavy (non-hydrogen) atoms. The number of likely N-dealkylation sites (N-methyl/N-ethyl adjacent to an activating group) is 1. The summed E-state index contributed by atoms with van der Waals surface area (Å²) in [5.41, 5.74) is 33.1. The Morgan fingerprint density at radius 1 is 0.513 bits per heavy atom. The third kappa shape index (κ3) is 40.2. The number of aliphatic carboxylic acids is 2. The van der Waals surface area contributed by atoms with Crippen molar-refractivity contribution in [3.63, 3.8) is 0 Å². The van der Waals surface area contributed by atoms with Gasteiger partial charge in [0.05, 0.1) is 37.0 Å². The predicted octanol–water partition coefficient (Wildman–Crippen LogP) is -1.68. The first-order chi connectivity index (χ1) is 71.5. The normalized spacial score (nSPS) is 23.5. The highest BCUT2D eigenvalue weighted by Gasteiger charge is 2.42. The molecule has 1 aliphatic carbocycles. The Kier molecular flexibility index (Phi) is 49.4. The molecule has 45 nitrogen and oxygen atoms in total. The number of carboxylic acids is 2. The summed E-state index contributed by atoms with van der Waals surface area (Å²) in [6, 6.07) is 11.5. The minimum Gasteiger partial charge on any atom is -0.482 e. The molecule has 0 aromatic heterocycles. The van der Waals surface area contributed by atoms with Gasteiger partial charge in [-0.1, -0.05) is 168 Å². The van der Waals surface area contributed by atoms with E-state index in [-0.39, 0.29) is 132 Å². The SMILES string of the molecule is Cc1cccc(C[C@@H]2NC(=O)[C@H](CC(=O)O)NC(=O)[C@H](Cc3ccc(OCC(=O)O)cc3)NC(=O)[C@H](CN3CCOCC3)NC(=O)CSC[C@@H](C(=O)N[C@@H](CCN)C(N)=O)NC(=O)[C@H](CCCN)NC(=O)[C@H](C(C)C)NC(=O)[C@H](CC3CCCCC3)NC(=O)[C@H](CCN)NC(=O)[C@@H](CC(C)C)NC(=O)[C@H](C)N(C)C(=O)[C@H](CCC(N)=O)NC(=O)[C@H](Cc3ccc(-c4ccccc4)cc3)NC(=O)[C@H](Cc3cccc(C#N)c3)NC2=O)c1. The van der Waals surface area contributed by atoms with Crippen molar-refractivity contribution in [3.8, 4) is 22.9 Å². The van der Waals surface area contributed by atoms with Crippen molar-refractivity contribution in [1.29, 1.82) is 5.26 Å². The van der Waals surface area contributed by atoms with Crippen molar-refractivity contribution in [2.75, 3.05) is 77.6 Å². The lowest BCUT2D eigenvalue weighted by Crippen LogP contribution is -2.62. The van der Waals surface area contributed by atoms with Gasteiger partial charge in [-0.2, -0.15) is 5.26 Å². The van der Waals surface area contributed by atoms with Gasteiger partial charge in [0, 0.05) is 64.5 Å². The monoisotopic (exact) mass is 2100 g/mol. The van der Waals surface area contributed by atoms with E-state index >= 15 is 38.4 Å². The summed E-state index contributed by atoms with van der Waals surface area (Å²) in [4.78, 5) is 281. The van der Waals surface area contributed by atoms with Crippen molar-refractivity contribution in [1.82, 2.24) is 84.2 Å². The summed E-state index contributed by atoms with van der Waals surface area (Å²) in [6.07, 6.45) is -0.775. The number of ether oxygens (including phenoxy) is 2. The summed E-state index contributed by atoms with van der Waals surface area (Å²) < 4.78 is 11.0. The standard InChI is InChI=1S/C104H144N22O23S/c1-59(2)45-76-94(137)113-74(37-40-107)93(136)117-79(48-63-18-10-8-11-19-63)100(143)124-89(60(3)4)103(146)114-73(25-16-38-105)92(135)123-84(102(145)112-72(36-39-106)90(110)133)57-150-58-86(128)111-83(55-126-41-43-148-44-42-126)101(144)121-78(50-65-28-32-71(33-29-65)149-56-88(131)132)96(139)122-82(53-87(129)130)99(142)120-80(51-66-20-14-17-61(5)46-66)97(140)119-81(52-67-21-15-22-68(47-67)54-108)98(141)118-77(49-64-26-30-70(31-27-64)69-23-12-9-13-24-69)95(138)115-75(34-35-85(109)127)104(147)125(7)62(6)91(134)116-76/h9,12-15,17,20-24,26-33,46-47,59-60,62-63,72-84,89H,8,10-11,16,18-19,25,34-45,48-53,55-58,105-107H2,1-7H3,(H2,109,127)(H2,110,133)(H,111,128)(H,112,145)(H,113,137)(H,114,146)(H,115,138)(H,116,134)(H,117,136)(H,118,141)(H,119,140)(H,120,142)(H,121,144)(H,122,139)(H,123,135)(H,124,143)(H,129,130)(H,131,132)/t62-,72-,73-,74-,75-,76+,77-,78-,79-,80-,81-,82-,83-,84-,89-/m0/s1. The van der Waals surface area contributed by atoms with Crippen LogP contribution in [0.4, 0.5) is 0 Å². The molecule has 5 aromatic rings. The zero-order valence-electron chi connectivity index (χ0n) is 85.6. The van der Waals surface area contributed by atoms with Crippen molar-refractivity contribution < 1.29 is 111 Å². The second-order valence-corrected chi connectivity index (χ2v) is 39.6. The van der Waals surface area contributed by atoms with Crippen molar-refractivity contribution in [2.24, 2.45) is 46.4 Å². The zero-order chi connectivity index (χ0) is 110. The summed E-state index contributed by atoms with van der Waals surface area (Å²) in [5, 5.41) is 67.6. The van der Waals surface area contributed by atoms with Gasteiger partial charge in [-0.15, -0.1) is 11.8 Å². The molecular formula is C104H144N22O23S. The number of amides is 17. The lowest BCUT2D eigenvalue weighted by molar-refractivity contribution is -0.143. The summed E-state index contributed by atoms with van der Waals surface area (Å²) in [6.45, 7) is 9.04. The lowest BCUT2D eigenvalue weighted by Gasteiger charge is -2.32. The van der Waals surface area contributed by atoms with Crippen LogP contribution < -0.4 is 108 Å². The molecule has 2 aliphatic heterocycles. The van der Waals surface area contributed by atoms with Crippen LogP contribution in [0.5, 0.6) is 5.75 Å². The first-order valence-electron chi connectivity index (χ1n) is 50.4. The molecule has 3 aliphatic rings. The van der Waals surface area contributed by atoms with Crippen LogP contribution in [0.3, 0.4) is 0 Å². The maximum atomic E-state index is 15.8. The zero-order valence-corrected chi connectivity index (χ0v) is 86.4. The first kappa shape index (κ1) is 121. The van der Waals surface area contributed by atoms with Crippen LogP contribution in [-0.2, 0) is 122 Å². The minimum absolute atomic E-state index is 0.0293. The number of morpholine rings is 1. The molecule has 0 unspecified atom stereocenters. The summed E-state index contributed by atoms with van der Waals surface area (Å²) >= 11 is 0.740. The number of nitriles is 1. The number of nitrogens with zero attached hydrogens (tertiary/aromatic N) is 3. The third-order valence-corrected chi connectivity index (χ3v) is 26.8. The van der Waals surface area contributed by atoms with Crippen LogP contribution in [0, 0.1) is 36.0 Å². The van der Waals surface area contributed by atoms with Crippen LogP contribution in [0.15, 0.2) is 127 Å². The van der Waals surface area contributed by atoms with E-state index in [1.807, 2.05) is 36.4 Å². The van der Waals surface area contributed by atoms with Gasteiger partial charge in [0.25, 0.3) is 0 Å². The number of carbonyl (C=O) groups is 19. The van der Waals surface area contributed by atoms with Crippen LogP contribution in [-0.4, -0.2) is 301 Å². The Morgan fingerprint density at radius 2 is 1.01 bits per heavy atom. The van der Waals surface area contributed by atoms with Gasteiger partial charge in [0.15, 0.2) is 6.61 Å². The number of hydrogen-bond acceptors (Lipinski definition) is 27. The molecule has 46 heteroatoms. The topological polar surface area (TPSA) is 712 Å². The van der Waals surface area contributed by atoms with Crippen LogP contribution in [0.1, 0.15) is 158 Å². The minimum atomic E-state index is -2.15. The summed E-state index contributed by atoms with van der Waals surface area (Å²) in [7, 11) is 1.21. The maximum absolute atomic E-state index is 15.8. The number of aryl methyl sites for hydroxylation is 1. The van der Waals surface area contributed by atoms with Crippen LogP contribution >= 0.6 is 11.8 Å². The number of primary amides is 2. The van der Waals surface area contributed by atoms with Gasteiger partial charge in [-0.25, -0.2) is 4.79 Å². The Labute approximate surface area is 875 Å². The van der Waals surface area contributed by atoms with Gasteiger partial charge in [0.1, 0.15) is 96.4 Å². The number of benzene rings is 5. The second-order valence-electron chi connectivity index (χ2n) is 38.6. The molecule has 5 aromatic carbocycles. The number of rotatable bonds is 34. The number of nitrogens with two attached hydrogens (primary N) is 5. The van der Waals surface area contributed by atoms with E-state index in [0.29, 0.717) is 29.5 Å². The predicted molar refractivity (Wildman–Crippen MR) is 553 cm³/mol. The average molecular weight is 2100 g/mol. The second kappa shape index (κ2) is 61.4. The van der Waals surface area contributed by atoms with E-state index in [2.05, 4.69) is 74.4 Å². The number of carbonyl (C=O) groups excluding carboxylic acids is 17. The van der Waals surface area contributed by atoms with E-state index in [0.717, 1.165) is 47.1 Å². The molecule has 2 heterocycles. The molecule has 0 radical (unpaired) electrons. The van der Waals surface area contributed by atoms with Gasteiger partial charge in [-0.05, 0) is 154 Å².